The molecule has 0 fully saturated rings. The van der Waals surface area contributed by atoms with Crippen molar-refractivity contribution >= 4 is 33.2 Å². The number of hydrogen-bond acceptors (Lipinski definition) is 3. The highest BCUT2D eigenvalue weighted by Gasteiger charge is 2.29. The van der Waals surface area contributed by atoms with Gasteiger partial charge in [0.25, 0.3) is 0 Å². The third-order valence-electron chi connectivity index (χ3n) is 2.83. The molecule has 1 heterocycles. The van der Waals surface area contributed by atoms with Crippen molar-refractivity contribution in [3.8, 4) is 0 Å². The molecule has 1 atom stereocenters. The van der Waals surface area contributed by atoms with Crippen molar-refractivity contribution < 1.29 is 4.79 Å². The Morgan fingerprint density at radius 2 is 2.31 bits per heavy atom. The summed E-state index contributed by atoms with van der Waals surface area (Å²) >= 11 is 5.02. The average Bonchev–Trinajstić information content (AvgIpc) is 2.70. The van der Waals surface area contributed by atoms with Crippen molar-refractivity contribution in [1.82, 2.24) is 5.32 Å². The maximum Gasteiger partial charge on any atom is 0.227 e. The van der Waals surface area contributed by atoms with Crippen LogP contribution in [0.3, 0.4) is 0 Å². The van der Waals surface area contributed by atoms with Gasteiger partial charge < -0.3 is 11.1 Å². The predicted molar refractivity (Wildman–Crippen MR) is 71.3 cm³/mol. The Morgan fingerprint density at radius 1 is 1.62 bits per heavy atom. The summed E-state index contributed by atoms with van der Waals surface area (Å²) < 4.78 is 1.08. The van der Waals surface area contributed by atoms with Crippen molar-refractivity contribution in [3.05, 3.63) is 20.8 Å². The SMILES string of the molecule is CCC(C)(CN)C(=O)NCc1ccc(Br)s1. The summed E-state index contributed by atoms with van der Waals surface area (Å²) in [5.41, 5.74) is 5.18. The van der Waals surface area contributed by atoms with Crippen molar-refractivity contribution in [2.45, 2.75) is 26.8 Å². The second kappa shape index (κ2) is 5.80. The van der Waals surface area contributed by atoms with E-state index in [0.717, 1.165) is 15.1 Å². The van der Waals surface area contributed by atoms with Gasteiger partial charge in [0.15, 0.2) is 0 Å². The van der Waals surface area contributed by atoms with Crippen molar-refractivity contribution in [2.24, 2.45) is 11.1 Å². The zero-order valence-corrected chi connectivity index (χ0v) is 12.0. The summed E-state index contributed by atoms with van der Waals surface area (Å²) in [4.78, 5) is 13.0. The Morgan fingerprint density at radius 3 is 2.75 bits per heavy atom. The minimum Gasteiger partial charge on any atom is -0.351 e. The molecule has 0 saturated heterocycles. The smallest absolute Gasteiger partial charge is 0.227 e. The zero-order chi connectivity index (χ0) is 12.2. The molecule has 16 heavy (non-hydrogen) atoms. The standard InChI is InChI=1S/C11H17BrN2OS/c1-3-11(2,7-13)10(15)14-6-8-4-5-9(12)16-8/h4-5H,3,6-7,13H2,1-2H3,(H,14,15). The van der Waals surface area contributed by atoms with Gasteiger partial charge in [0.05, 0.1) is 15.7 Å². The number of nitrogens with two attached hydrogens (primary N) is 1. The van der Waals surface area contributed by atoms with Crippen LogP contribution in [0, 0.1) is 5.41 Å². The van der Waals surface area contributed by atoms with Gasteiger partial charge in [-0.25, -0.2) is 0 Å². The monoisotopic (exact) mass is 304 g/mol. The lowest BCUT2D eigenvalue weighted by Crippen LogP contribution is -2.43. The van der Waals surface area contributed by atoms with Gasteiger partial charge >= 0.3 is 0 Å². The van der Waals surface area contributed by atoms with Crippen LogP contribution in [0.15, 0.2) is 15.9 Å². The highest BCUT2D eigenvalue weighted by atomic mass is 79.9. The van der Waals surface area contributed by atoms with Crippen LogP contribution in [0.25, 0.3) is 0 Å². The lowest BCUT2D eigenvalue weighted by Gasteiger charge is -2.24. The van der Waals surface area contributed by atoms with Crippen LogP contribution in [-0.2, 0) is 11.3 Å². The molecule has 0 aromatic carbocycles. The highest BCUT2D eigenvalue weighted by molar-refractivity contribution is 9.11. The molecule has 1 amide bonds. The molecule has 1 aromatic rings. The highest BCUT2D eigenvalue weighted by Crippen LogP contribution is 2.23. The van der Waals surface area contributed by atoms with Crippen LogP contribution >= 0.6 is 27.3 Å². The van der Waals surface area contributed by atoms with E-state index in [4.69, 9.17) is 5.73 Å². The van der Waals surface area contributed by atoms with E-state index in [9.17, 15) is 4.79 Å². The minimum absolute atomic E-state index is 0.0297. The lowest BCUT2D eigenvalue weighted by molar-refractivity contribution is -0.130. The third kappa shape index (κ3) is 3.30. The van der Waals surface area contributed by atoms with Crippen molar-refractivity contribution in [2.75, 3.05) is 6.54 Å². The van der Waals surface area contributed by atoms with E-state index in [-0.39, 0.29) is 5.91 Å². The van der Waals surface area contributed by atoms with E-state index in [2.05, 4.69) is 21.2 Å². The number of hydrogen-bond donors (Lipinski definition) is 2. The topological polar surface area (TPSA) is 55.1 Å². The Kier molecular flexibility index (Phi) is 4.95. The van der Waals surface area contributed by atoms with E-state index >= 15 is 0 Å². The van der Waals surface area contributed by atoms with Crippen LogP contribution in [-0.4, -0.2) is 12.5 Å². The largest absolute Gasteiger partial charge is 0.351 e. The minimum atomic E-state index is -0.450. The first-order valence-corrected chi connectivity index (χ1v) is 6.85. The van der Waals surface area contributed by atoms with Crippen LogP contribution in [0.4, 0.5) is 0 Å². The van der Waals surface area contributed by atoms with E-state index in [0.29, 0.717) is 13.1 Å². The molecule has 0 radical (unpaired) electrons. The van der Waals surface area contributed by atoms with E-state index in [1.54, 1.807) is 11.3 Å². The maximum absolute atomic E-state index is 11.9. The molecule has 0 bridgehead atoms. The first-order chi connectivity index (χ1) is 7.51. The Balaban J connectivity index is 2.52. The molecule has 0 aliphatic carbocycles. The summed E-state index contributed by atoms with van der Waals surface area (Å²) in [7, 11) is 0. The van der Waals surface area contributed by atoms with E-state index in [1.165, 1.54) is 0 Å². The Hall–Kier alpha value is -0.390. The van der Waals surface area contributed by atoms with Crippen LogP contribution < -0.4 is 11.1 Å². The second-order valence-electron chi connectivity index (χ2n) is 4.01. The normalized spacial score (nSPS) is 14.5. The lowest BCUT2D eigenvalue weighted by atomic mass is 9.87. The van der Waals surface area contributed by atoms with Crippen LogP contribution in [0.1, 0.15) is 25.1 Å². The number of halogens is 1. The van der Waals surface area contributed by atoms with Gasteiger partial charge in [0.1, 0.15) is 0 Å². The number of amides is 1. The number of carbonyl (C=O) groups excluding carboxylic acids is 1. The molecular weight excluding hydrogens is 288 g/mol. The summed E-state index contributed by atoms with van der Waals surface area (Å²) in [5.74, 6) is 0.0297. The van der Waals surface area contributed by atoms with Gasteiger partial charge in [-0.3, -0.25) is 4.79 Å². The van der Waals surface area contributed by atoms with E-state index < -0.39 is 5.41 Å². The average molecular weight is 305 g/mol. The molecule has 0 spiro atoms. The fraction of sp³-hybridized carbons (Fsp3) is 0.545. The molecule has 0 aliphatic heterocycles. The fourth-order valence-corrected chi connectivity index (χ4v) is 2.65. The summed E-state index contributed by atoms with van der Waals surface area (Å²) in [6.45, 7) is 4.83. The first-order valence-electron chi connectivity index (χ1n) is 5.24. The van der Waals surface area contributed by atoms with Crippen LogP contribution in [0.2, 0.25) is 0 Å². The first kappa shape index (κ1) is 13.7. The van der Waals surface area contributed by atoms with Gasteiger partial charge in [-0.15, -0.1) is 11.3 Å². The summed E-state index contributed by atoms with van der Waals surface area (Å²) in [5, 5.41) is 2.93. The molecule has 0 aliphatic rings. The molecule has 3 nitrogen and oxygen atoms in total. The molecule has 1 unspecified atom stereocenters. The Bertz CT molecular complexity index is 361. The van der Waals surface area contributed by atoms with Gasteiger partial charge in [0, 0.05) is 11.4 Å². The third-order valence-corrected chi connectivity index (χ3v) is 4.45. The number of rotatable bonds is 5. The predicted octanol–water partition coefficient (Wildman–Crippen LogP) is 2.50. The summed E-state index contributed by atoms with van der Waals surface area (Å²) in [6, 6.07) is 3.98. The van der Waals surface area contributed by atoms with Gasteiger partial charge in [0.2, 0.25) is 5.91 Å². The molecule has 3 N–H and O–H groups in total. The zero-order valence-electron chi connectivity index (χ0n) is 9.55. The number of thiophene rings is 1. The van der Waals surface area contributed by atoms with Crippen molar-refractivity contribution in [1.29, 1.82) is 0 Å². The molecule has 90 valence electrons. The molecule has 1 aromatic heterocycles. The molecular formula is C11H17BrN2OS. The Labute approximate surface area is 109 Å². The fourth-order valence-electron chi connectivity index (χ4n) is 1.23. The van der Waals surface area contributed by atoms with Crippen molar-refractivity contribution in [3.63, 3.8) is 0 Å². The maximum atomic E-state index is 11.9. The molecule has 0 saturated carbocycles. The van der Waals surface area contributed by atoms with E-state index in [1.807, 2.05) is 26.0 Å². The van der Waals surface area contributed by atoms with Gasteiger partial charge in [-0.05, 0) is 41.4 Å². The molecule has 1 rings (SSSR count). The summed E-state index contributed by atoms with van der Waals surface area (Å²) in [6.07, 6.45) is 0.753. The quantitative estimate of drug-likeness (QED) is 0.878. The number of nitrogens with one attached hydrogen (secondary N) is 1. The van der Waals surface area contributed by atoms with Crippen LogP contribution in [0.5, 0.6) is 0 Å². The number of carbonyl (C=O) groups is 1. The molecule has 5 heteroatoms. The van der Waals surface area contributed by atoms with Gasteiger partial charge in [-0.1, -0.05) is 6.92 Å². The second-order valence-corrected chi connectivity index (χ2v) is 6.55. The van der Waals surface area contributed by atoms with Gasteiger partial charge in [-0.2, -0.15) is 0 Å².